The number of carbonyl (C=O) groups excluding carboxylic acids is 3. The molecule has 0 saturated heterocycles. The molecule has 25 heavy (non-hydrogen) atoms. The predicted octanol–water partition coefficient (Wildman–Crippen LogP) is 2.03. The molecule has 0 fully saturated rings. The third kappa shape index (κ3) is 6.94. The van der Waals surface area contributed by atoms with E-state index in [1.54, 1.807) is 23.6 Å². The topological polar surface area (TPSA) is 84.5 Å². The summed E-state index contributed by atoms with van der Waals surface area (Å²) < 4.78 is 4.81. The lowest BCUT2D eigenvalue weighted by Crippen LogP contribution is -2.34. The van der Waals surface area contributed by atoms with Gasteiger partial charge in [0.15, 0.2) is 6.61 Å². The molecule has 0 bridgehead atoms. The van der Waals surface area contributed by atoms with Crippen molar-refractivity contribution in [2.24, 2.45) is 0 Å². The summed E-state index contributed by atoms with van der Waals surface area (Å²) in [5, 5.41) is 7.49. The number of hydrogen-bond donors (Lipinski definition) is 2. The van der Waals surface area contributed by atoms with Crippen molar-refractivity contribution in [2.45, 2.75) is 6.42 Å². The van der Waals surface area contributed by atoms with Crippen molar-refractivity contribution in [3.63, 3.8) is 0 Å². The Labute approximate surface area is 154 Å². The first-order valence-electron chi connectivity index (χ1n) is 7.53. The van der Waals surface area contributed by atoms with Crippen LogP contribution in [0.4, 0.5) is 0 Å². The second-order valence-corrected chi connectivity index (χ2v) is 6.43. The molecule has 1 aromatic carbocycles. The standard InChI is InChI=1S/C17H17ClN2O4S/c18-13-4-1-3-12(9-13)6-7-19-15(21)11-24-16(22)10-20-17(23)14-5-2-8-25-14/h1-5,8-9H,6-7,10-11H2,(H,19,21)(H,20,23). The lowest BCUT2D eigenvalue weighted by atomic mass is 10.1. The van der Waals surface area contributed by atoms with Crippen LogP contribution in [0.15, 0.2) is 41.8 Å². The summed E-state index contributed by atoms with van der Waals surface area (Å²) in [6, 6.07) is 10.7. The molecule has 0 aliphatic rings. The molecule has 2 rings (SSSR count). The average molecular weight is 381 g/mol. The van der Waals surface area contributed by atoms with Crippen molar-refractivity contribution in [2.75, 3.05) is 19.7 Å². The van der Waals surface area contributed by atoms with Crippen LogP contribution in [0, 0.1) is 0 Å². The largest absolute Gasteiger partial charge is 0.454 e. The van der Waals surface area contributed by atoms with Gasteiger partial charge in [0.2, 0.25) is 0 Å². The summed E-state index contributed by atoms with van der Waals surface area (Å²) in [5.41, 5.74) is 1.00. The number of rotatable bonds is 8. The summed E-state index contributed by atoms with van der Waals surface area (Å²) in [6.45, 7) is -0.262. The molecule has 2 amide bonds. The fraction of sp³-hybridized carbons (Fsp3) is 0.235. The van der Waals surface area contributed by atoms with E-state index in [1.165, 1.54) is 11.3 Å². The van der Waals surface area contributed by atoms with Crippen LogP contribution in [0.25, 0.3) is 0 Å². The third-order valence-electron chi connectivity index (χ3n) is 3.13. The van der Waals surface area contributed by atoms with Crippen molar-refractivity contribution in [1.29, 1.82) is 0 Å². The first kappa shape index (κ1) is 19.0. The highest BCUT2D eigenvalue weighted by molar-refractivity contribution is 7.12. The van der Waals surface area contributed by atoms with E-state index in [0.717, 1.165) is 5.56 Å². The third-order valence-corrected chi connectivity index (χ3v) is 4.23. The van der Waals surface area contributed by atoms with Gasteiger partial charge in [-0.3, -0.25) is 14.4 Å². The fourth-order valence-corrected chi connectivity index (χ4v) is 2.79. The molecule has 0 saturated carbocycles. The maximum Gasteiger partial charge on any atom is 0.325 e. The lowest BCUT2D eigenvalue weighted by Gasteiger charge is -2.07. The van der Waals surface area contributed by atoms with Gasteiger partial charge >= 0.3 is 5.97 Å². The molecule has 2 aromatic rings. The van der Waals surface area contributed by atoms with Crippen LogP contribution in [0.1, 0.15) is 15.2 Å². The zero-order chi connectivity index (χ0) is 18.1. The first-order chi connectivity index (χ1) is 12.0. The van der Waals surface area contributed by atoms with Crippen LogP contribution in [0.3, 0.4) is 0 Å². The molecule has 6 nitrogen and oxygen atoms in total. The second-order valence-electron chi connectivity index (χ2n) is 5.05. The number of thiophene rings is 1. The number of carbonyl (C=O) groups is 3. The van der Waals surface area contributed by atoms with E-state index in [9.17, 15) is 14.4 Å². The molecule has 8 heteroatoms. The average Bonchev–Trinajstić information content (AvgIpc) is 3.12. The molecule has 132 valence electrons. The molecule has 0 spiro atoms. The van der Waals surface area contributed by atoms with Gasteiger partial charge in [-0.1, -0.05) is 29.8 Å². The van der Waals surface area contributed by atoms with Crippen molar-refractivity contribution in [3.05, 3.63) is 57.2 Å². The first-order valence-corrected chi connectivity index (χ1v) is 8.79. The zero-order valence-electron chi connectivity index (χ0n) is 13.3. The van der Waals surface area contributed by atoms with Crippen LogP contribution in [0.2, 0.25) is 5.02 Å². The summed E-state index contributed by atoms with van der Waals surface area (Å²) >= 11 is 7.15. The van der Waals surface area contributed by atoms with Gasteiger partial charge in [0.05, 0.1) is 4.88 Å². The fourth-order valence-electron chi connectivity index (χ4n) is 1.93. The second kappa shape index (κ2) is 9.80. The number of ether oxygens (including phenoxy) is 1. The van der Waals surface area contributed by atoms with Gasteiger partial charge in [-0.15, -0.1) is 11.3 Å². The normalized spacial score (nSPS) is 10.1. The molecular formula is C17H17ClN2O4S. The van der Waals surface area contributed by atoms with Gasteiger partial charge in [-0.05, 0) is 35.6 Å². The molecule has 0 atom stereocenters. The Morgan fingerprint density at radius 3 is 2.68 bits per heavy atom. The summed E-state index contributed by atoms with van der Waals surface area (Å²) in [5.74, 6) is -1.42. The molecule has 0 unspecified atom stereocenters. The van der Waals surface area contributed by atoms with Crippen LogP contribution in [0.5, 0.6) is 0 Å². The van der Waals surface area contributed by atoms with Gasteiger partial charge in [0, 0.05) is 11.6 Å². The Kier molecular flexibility index (Phi) is 7.43. The van der Waals surface area contributed by atoms with E-state index in [2.05, 4.69) is 10.6 Å². The molecule has 1 aromatic heterocycles. The van der Waals surface area contributed by atoms with Crippen LogP contribution >= 0.6 is 22.9 Å². The Hall–Kier alpha value is -2.38. The van der Waals surface area contributed by atoms with Crippen molar-refractivity contribution in [3.8, 4) is 0 Å². The summed E-state index contributed by atoms with van der Waals surface area (Å²) in [7, 11) is 0. The SMILES string of the molecule is O=C(COC(=O)CNC(=O)c1cccs1)NCCc1cccc(Cl)c1. The van der Waals surface area contributed by atoms with E-state index in [1.807, 2.05) is 18.2 Å². The smallest absolute Gasteiger partial charge is 0.325 e. The maximum absolute atomic E-state index is 11.7. The number of nitrogens with one attached hydrogen (secondary N) is 2. The molecule has 0 radical (unpaired) electrons. The molecule has 2 N–H and O–H groups in total. The van der Waals surface area contributed by atoms with Gasteiger partial charge in [0.1, 0.15) is 6.54 Å². The van der Waals surface area contributed by atoms with Crippen LogP contribution in [-0.4, -0.2) is 37.5 Å². The lowest BCUT2D eigenvalue weighted by molar-refractivity contribution is -0.147. The number of hydrogen-bond acceptors (Lipinski definition) is 5. The van der Waals surface area contributed by atoms with Crippen molar-refractivity contribution in [1.82, 2.24) is 10.6 Å². The quantitative estimate of drug-likeness (QED) is 0.686. The van der Waals surface area contributed by atoms with E-state index < -0.39 is 11.9 Å². The number of halogens is 1. The van der Waals surface area contributed by atoms with Crippen molar-refractivity contribution >= 4 is 40.7 Å². The minimum Gasteiger partial charge on any atom is -0.454 e. The minimum absolute atomic E-state index is 0.285. The zero-order valence-corrected chi connectivity index (χ0v) is 14.9. The van der Waals surface area contributed by atoms with Crippen LogP contribution in [-0.2, 0) is 20.7 Å². The highest BCUT2D eigenvalue weighted by Crippen LogP contribution is 2.10. The van der Waals surface area contributed by atoms with E-state index in [4.69, 9.17) is 16.3 Å². The van der Waals surface area contributed by atoms with E-state index in [-0.39, 0.29) is 19.1 Å². The monoisotopic (exact) mass is 380 g/mol. The maximum atomic E-state index is 11.7. The van der Waals surface area contributed by atoms with Crippen molar-refractivity contribution < 1.29 is 19.1 Å². The Bertz CT molecular complexity index is 734. The van der Waals surface area contributed by atoms with Gasteiger partial charge in [-0.2, -0.15) is 0 Å². The van der Waals surface area contributed by atoms with E-state index in [0.29, 0.717) is 22.9 Å². The Morgan fingerprint density at radius 2 is 1.96 bits per heavy atom. The highest BCUT2D eigenvalue weighted by atomic mass is 35.5. The van der Waals surface area contributed by atoms with Gasteiger partial charge < -0.3 is 15.4 Å². The Balaban J connectivity index is 1.59. The predicted molar refractivity (Wildman–Crippen MR) is 95.8 cm³/mol. The van der Waals surface area contributed by atoms with Gasteiger partial charge in [-0.25, -0.2) is 0 Å². The highest BCUT2D eigenvalue weighted by Gasteiger charge is 2.11. The number of amides is 2. The Morgan fingerprint density at radius 1 is 1.12 bits per heavy atom. The number of esters is 1. The van der Waals surface area contributed by atoms with E-state index >= 15 is 0 Å². The summed E-state index contributed by atoms with van der Waals surface area (Å²) in [4.78, 5) is 35.3. The van der Waals surface area contributed by atoms with Gasteiger partial charge in [0.25, 0.3) is 11.8 Å². The molecular weight excluding hydrogens is 364 g/mol. The number of benzene rings is 1. The molecule has 0 aliphatic heterocycles. The summed E-state index contributed by atoms with van der Waals surface area (Å²) in [6.07, 6.45) is 0.622. The molecule has 1 heterocycles. The molecule has 0 aliphatic carbocycles. The minimum atomic E-state index is -0.671. The van der Waals surface area contributed by atoms with Crippen LogP contribution < -0.4 is 10.6 Å².